The van der Waals surface area contributed by atoms with Crippen LogP contribution in [0, 0.1) is 0 Å². The van der Waals surface area contributed by atoms with Crippen LogP contribution in [0.1, 0.15) is 24.5 Å². The highest BCUT2D eigenvalue weighted by atomic mass is 16.7. The smallest absolute Gasteiger partial charge is 0.199 e. The molecule has 0 aliphatic carbocycles. The Kier molecular flexibility index (Phi) is 5.39. The van der Waals surface area contributed by atoms with Crippen molar-refractivity contribution >= 4 is 6.08 Å². The topological polar surface area (TPSA) is 18.5 Å². The quantitative estimate of drug-likeness (QED) is 0.680. The van der Waals surface area contributed by atoms with E-state index in [-0.39, 0.29) is 6.29 Å². The molecule has 1 atom stereocenters. The third-order valence-corrected chi connectivity index (χ3v) is 3.00. The van der Waals surface area contributed by atoms with Gasteiger partial charge < -0.3 is 9.47 Å². The van der Waals surface area contributed by atoms with Gasteiger partial charge in [0.15, 0.2) is 6.29 Å². The maximum Gasteiger partial charge on any atom is 0.199 e. The van der Waals surface area contributed by atoms with Crippen molar-refractivity contribution in [2.24, 2.45) is 0 Å². The lowest BCUT2D eigenvalue weighted by molar-refractivity contribution is -0.0905. The Balaban J connectivity index is 1.89. The van der Waals surface area contributed by atoms with E-state index in [2.05, 4.69) is 6.58 Å². The summed E-state index contributed by atoms with van der Waals surface area (Å²) in [7, 11) is 0. The third kappa shape index (κ3) is 4.25. The fraction of sp³-hybridized carbons (Fsp3) is 0.222. The minimum Gasteiger partial charge on any atom is -0.465 e. The first-order valence-electron chi connectivity index (χ1n) is 6.86. The van der Waals surface area contributed by atoms with E-state index in [1.54, 1.807) is 0 Å². The molecular formula is C18H20O2. The monoisotopic (exact) mass is 268 g/mol. The fourth-order valence-electron chi connectivity index (χ4n) is 1.83. The van der Waals surface area contributed by atoms with Gasteiger partial charge in [-0.2, -0.15) is 0 Å². The zero-order valence-corrected chi connectivity index (χ0v) is 11.8. The second-order valence-electron chi connectivity index (χ2n) is 4.53. The van der Waals surface area contributed by atoms with Gasteiger partial charge in [-0.1, -0.05) is 62.0 Å². The normalized spacial score (nSPS) is 11.8. The summed E-state index contributed by atoms with van der Waals surface area (Å²) in [6.07, 6.45) is 2.38. The van der Waals surface area contributed by atoms with Crippen LogP contribution in [-0.4, -0.2) is 6.29 Å². The maximum atomic E-state index is 5.83. The molecule has 0 aliphatic heterocycles. The van der Waals surface area contributed by atoms with Gasteiger partial charge in [-0.25, -0.2) is 0 Å². The van der Waals surface area contributed by atoms with Gasteiger partial charge in [0.2, 0.25) is 0 Å². The highest BCUT2D eigenvalue weighted by molar-refractivity contribution is 5.48. The highest BCUT2D eigenvalue weighted by Gasteiger charge is 2.08. The van der Waals surface area contributed by atoms with Crippen molar-refractivity contribution in [3.05, 3.63) is 72.3 Å². The molecule has 1 unspecified atom stereocenters. The number of hydrogen-bond donors (Lipinski definition) is 0. The molecule has 2 aromatic rings. The van der Waals surface area contributed by atoms with Crippen LogP contribution in [0.2, 0.25) is 0 Å². The van der Waals surface area contributed by atoms with Crippen LogP contribution in [0.3, 0.4) is 0 Å². The third-order valence-electron chi connectivity index (χ3n) is 3.00. The largest absolute Gasteiger partial charge is 0.465 e. The van der Waals surface area contributed by atoms with E-state index in [0.29, 0.717) is 6.61 Å². The molecule has 0 radical (unpaired) electrons. The fourth-order valence-corrected chi connectivity index (χ4v) is 1.83. The molecule has 0 bridgehead atoms. The number of rotatable bonds is 7. The van der Waals surface area contributed by atoms with Crippen LogP contribution in [0.15, 0.2) is 61.2 Å². The van der Waals surface area contributed by atoms with E-state index < -0.39 is 0 Å². The molecule has 0 fully saturated rings. The van der Waals surface area contributed by atoms with Crippen molar-refractivity contribution in [1.29, 1.82) is 0 Å². The standard InChI is InChI=1S/C18H20O2/c1-3-15-10-12-17(13-11-15)20-18(4-2)19-14-16-8-6-5-7-9-16/h3,5-13,18H,1,4,14H2,2H3. The van der Waals surface area contributed by atoms with Crippen molar-refractivity contribution in [2.45, 2.75) is 26.2 Å². The number of benzene rings is 2. The predicted molar refractivity (Wildman–Crippen MR) is 82.5 cm³/mol. The Morgan fingerprint density at radius 3 is 2.35 bits per heavy atom. The van der Waals surface area contributed by atoms with E-state index >= 15 is 0 Å². The van der Waals surface area contributed by atoms with Crippen molar-refractivity contribution in [3.8, 4) is 5.75 Å². The summed E-state index contributed by atoms with van der Waals surface area (Å²) in [5.41, 5.74) is 2.23. The average Bonchev–Trinajstić information content (AvgIpc) is 2.53. The summed E-state index contributed by atoms with van der Waals surface area (Å²) in [6, 6.07) is 17.9. The van der Waals surface area contributed by atoms with E-state index in [1.165, 1.54) is 0 Å². The molecule has 2 heteroatoms. The van der Waals surface area contributed by atoms with Crippen LogP contribution < -0.4 is 4.74 Å². The number of ether oxygens (including phenoxy) is 2. The van der Waals surface area contributed by atoms with Crippen molar-refractivity contribution < 1.29 is 9.47 Å². The van der Waals surface area contributed by atoms with Crippen LogP contribution in [0.4, 0.5) is 0 Å². The first-order chi connectivity index (χ1) is 9.81. The summed E-state index contributed by atoms with van der Waals surface area (Å²) < 4.78 is 11.6. The molecule has 0 aromatic heterocycles. The molecule has 0 amide bonds. The van der Waals surface area contributed by atoms with Crippen molar-refractivity contribution in [1.82, 2.24) is 0 Å². The van der Waals surface area contributed by atoms with Gasteiger partial charge in [-0.3, -0.25) is 0 Å². The molecular weight excluding hydrogens is 248 g/mol. The van der Waals surface area contributed by atoms with Gasteiger partial charge >= 0.3 is 0 Å². The van der Waals surface area contributed by atoms with Crippen molar-refractivity contribution in [2.75, 3.05) is 0 Å². The lowest BCUT2D eigenvalue weighted by atomic mass is 10.2. The Bertz CT molecular complexity index is 517. The summed E-state index contributed by atoms with van der Waals surface area (Å²) in [6.45, 7) is 6.34. The predicted octanol–water partition coefficient (Wildman–Crippen LogP) is 4.66. The van der Waals surface area contributed by atoms with Gasteiger partial charge in [-0.05, 0) is 23.3 Å². The summed E-state index contributed by atoms with van der Waals surface area (Å²) in [5.74, 6) is 0.815. The summed E-state index contributed by atoms with van der Waals surface area (Å²) in [5, 5.41) is 0. The summed E-state index contributed by atoms with van der Waals surface area (Å²) >= 11 is 0. The van der Waals surface area contributed by atoms with E-state index in [1.807, 2.05) is 67.6 Å². The molecule has 0 saturated heterocycles. The average molecular weight is 268 g/mol. The Hall–Kier alpha value is -2.06. The first kappa shape index (κ1) is 14.4. The zero-order valence-electron chi connectivity index (χ0n) is 11.8. The highest BCUT2D eigenvalue weighted by Crippen LogP contribution is 2.17. The van der Waals surface area contributed by atoms with Crippen LogP contribution in [0.5, 0.6) is 5.75 Å². The molecule has 0 saturated carbocycles. The van der Waals surface area contributed by atoms with Gasteiger partial charge in [0, 0.05) is 6.42 Å². The SMILES string of the molecule is C=Cc1ccc(OC(CC)OCc2ccccc2)cc1. The molecule has 2 nitrogen and oxygen atoms in total. The molecule has 2 aromatic carbocycles. The van der Waals surface area contributed by atoms with Gasteiger partial charge in [-0.15, -0.1) is 0 Å². The van der Waals surface area contributed by atoms with E-state index in [0.717, 1.165) is 23.3 Å². The van der Waals surface area contributed by atoms with Gasteiger partial charge in [0.1, 0.15) is 5.75 Å². The maximum absolute atomic E-state index is 5.83. The molecule has 0 spiro atoms. The Labute approximate surface area is 120 Å². The molecule has 0 heterocycles. The summed E-state index contributed by atoms with van der Waals surface area (Å²) in [4.78, 5) is 0. The van der Waals surface area contributed by atoms with Crippen LogP contribution >= 0.6 is 0 Å². The second-order valence-corrected chi connectivity index (χ2v) is 4.53. The molecule has 2 rings (SSSR count). The minimum absolute atomic E-state index is 0.232. The second kappa shape index (κ2) is 7.51. The molecule has 0 aliphatic rings. The Morgan fingerprint density at radius 1 is 1.05 bits per heavy atom. The zero-order chi connectivity index (χ0) is 14.2. The van der Waals surface area contributed by atoms with Crippen LogP contribution in [-0.2, 0) is 11.3 Å². The van der Waals surface area contributed by atoms with E-state index in [4.69, 9.17) is 9.47 Å². The van der Waals surface area contributed by atoms with E-state index in [9.17, 15) is 0 Å². The Morgan fingerprint density at radius 2 is 1.75 bits per heavy atom. The first-order valence-corrected chi connectivity index (χ1v) is 6.86. The minimum atomic E-state index is -0.232. The van der Waals surface area contributed by atoms with Crippen LogP contribution in [0.25, 0.3) is 6.08 Å². The molecule has 20 heavy (non-hydrogen) atoms. The van der Waals surface area contributed by atoms with Gasteiger partial charge in [0.05, 0.1) is 6.61 Å². The number of hydrogen-bond acceptors (Lipinski definition) is 2. The van der Waals surface area contributed by atoms with Gasteiger partial charge in [0.25, 0.3) is 0 Å². The molecule has 0 N–H and O–H groups in total. The lowest BCUT2D eigenvalue weighted by Gasteiger charge is -2.18. The van der Waals surface area contributed by atoms with Crippen molar-refractivity contribution in [3.63, 3.8) is 0 Å². The lowest BCUT2D eigenvalue weighted by Crippen LogP contribution is -2.19. The molecule has 104 valence electrons.